The predicted octanol–water partition coefficient (Wildman–Crippen LogP) is 5.01. The van der Waals surface area contributed by atoms with Crippen LogP contribution in [0.1, 0.15) is 21.6 Å². The second kappa shape index (κ2) is 6.68. The summed E-state index contributed by atoms with van der Waals surface area (Å²) >= 11 is 0. The largest absolute Gasteiger partial charge is 0.322 e. The van der Waals surface area contributed by atoms with Gasteiger partial charge in [0.05, 0.1) is 5.69 Å². The van der Waals surface area contributed by atoms with Crippen molar-refractivity contribution in [2.24, 2.45) is 0 Å². The van der Waals surface area contributed by atoms with Crippen LogP contribution in [0.3, 0.4) is 0 Å². The van der Waals surface area contributed by atoms with E-state index in [0.29, 0.717) is 11.3 Å². The highest BCUT2D eigenvalue weighted by Gasteiger charge is 2.13. The number of hydrogen-bond acceptors (Lipinski definition) is 2. The van der Waals surface area contributed by atoms with Crippen molar-refractivity contribution in [1.82, 2.24) is 9.38 Å². The van der Waals surface area contributed by atoms with Crippen LogP contribution in [0.2, 0.25) is 0 Å². The molecule has 27 heavy (non-hydrogen) atoms. The molecule has 0 saturated carbocycles. The highest BCUT2D eigenvalue weighted by Crippen LogP contribution is 2.27. The highest BCUT2D eigenvalue weighted by molar-refractivity contribution is 6.06. The van der Waals surface area contributed by atoms with Gasteiger partial charge in [-0.3, -0.25) is 4.79 Å². The zero-order valence-electron chi connectivity index (χ0n) is 15.0. The summed E-state index contributed by atoms with van der Waals surface area (Å²) in [6, 6.07) is 15.5. The molecule has 2 aromatic carbocycles. The summed E-state index contributed by atoms with van der Waals surface area (Å²) in [7, 11) is 0. The van der Waals surface area contributed by atoms with E-state index >= 15 is 0 Å². The Morgan fingerprint density at radius 3 is 2.63 bits per heavy atom. The monoisotopic (exact) mass is 359 g/mol. The Labute approximate surface area is 156 Å². The van der Waals surface area contributed by atoms with E-state index in [0.717, 1.165) is 28.0 Å². The number of amides is 1. The molecule has 4 rings (SSSR count). The van der Waals surface area contributed by atoms with Crippen molar-refractivity contribution in [2.75, 3.05) is 5.32 Å². The Kier molecular flexibility index (Phi) is 4.20. The van der Waals surface area contributed by atoms with E-state index in [4.69, 9.17) is 0 Å². The zero-order valence-corrected chi connectivity index (χ0v) is 15.0. The number of rotatable bonds is 3. The van der Waals surface area contributed by atoms with Gasteiger partial charge in [-0.05, 0) is 67.4 Å². The van der Waals surface area contributed by atoms with Gasteiger partial charge in [0.2, 0.25) is 0 Å². The fraction of sp³-hybridized carbons (Fsp3) is 0.0909. The Balaban J connectivity index is 1.72. The molecule has 5 heteroatoms. The molecule has 0 radical (unpaired) electrons. The van der Waals surface area contributed by atoms with Gasteiger partial charge in [0.1, 0.15) is 11.5 Å². The van der Waals surface area contributed by atoms with Crippen LogP contribution >= 0.6 is 0 Å². The van der Waals surface area contributed by atoms with Crippen molar-refractivity contribution in [1.29, 1.82) is 0 Å². The Morgan fingerprint density at radius 1 is 1.07 bits per heavy atom. The second-order valence-corrected chi connectivity index (χ2v) is 6.53. The van der Waals surface area contributed by atoms with Gasteiger partial charge in [-0.15, -0.1) is 0 Å². The van der Waals surface area contributed by atoms with Crippen molar-refractivity contribution in [3.63, 3.8) is 0 Å². The number of carbonyl (C=O) groups excluding carboxylic acids is 1. The van der Waals surface area contributed by atoms with Crippen LogP contribution in [0, 0.1) is 19.7 Å². The second-order valence-electron chi connectivity index (χ2n) is 6.53. The van der Waals surface area contributed by atoms with Gasteiger partial charge in [-0.2, -0.15) is 0 Å². The van der Waals surface area contributed by atoms with Gasteiger partial charge in [0, 0.05) is 29.2 Å². The molecule has 0 spiro atoms. The summed E-state index contributed by atoms with van der Waals surface area (Å²) in [5.74, 6) is -0.568. The van der Waals surface area contributed by atoms with Crippen molar-refractivity contribution in [2.45, 2.75) is 13.8 Å². The van der Waals surface area contributed by atoms with Gasteiger partial charge in [0.25, 0.3) is 5.91 Å². The van der Waals surface area contributed by atoms with Gasteiger partial charge in [-0.25, -0.2) is 9.37 Å². The number of nitrogens with one attached hydrogen (secondary N) is 1. The van der Waals surface area contributed by atoms with Crippen LogP contribution in [-0.4, -0.2) is 15.3 Å². The molecule has 2 aromatic heterocycles. The SMILES string of the molecule is Cc1cn2cccc(-c3ccc(C)c(C(=O)Nc4ccc(F)cc4)c3)c2n1. The number of aromatic nitrogens is 2. The molecule has 134 valence electrons. The fourth-order valence-corrected chi connectivity index (χ4v) is 3.13. The lowest BCUT2D eigenvalue weighted by Crippen LogP contribution is -2.13. The summed E-state index contributed by atoms with van der Waals surface area (Å²) in [5, 5.41) is 2.82. The summed E-state index contributed by atoms with van der Waals surface area (Å²) in [6.07, 6.45) is 3.92. The van der Waals surface area contributed by atoms with Crippen LogP contribution in [-0.2, 0) is 0 Å². The van der Waals surface area contributed by atoms with Gasteiger partial charge in [-0.1, -0.05) is 12.1 Å². The number of nitrogens with zero attached hydrogens (tertiary/aromatic N) is 2. The van der Waals surface area contributed by atoms with Crippen molar-refractivity contribution in [3.05, 3.63) is 89.6 Å². The molecule has 2 heterocycles. The van der Waals surface area contributed by atoms with Crippen LogP contribution in [0.5, 0.6) is 0 Å². The minimum atomic E-state index is -0.339. The minimum Gasteiger partial charge on any atom is -0.322 e. The van der Waals surface area contributed by atoms with Crippen molar-refractivity contribution in [3.8, 4) is 11.1 Å². The third-order valence-corrected chi connectivity index (χ3v) is 4.50. The van der Waals surface area contributed by atoms with E-state index in [1.54, 1.807) is 12.1 Å². The molecule has 0 bridgehead atoms. The number of pyridine rings is 1. The Bertz CT molecular complexity index is 1150. The van der Waals surface area contributed by atoms with E-state index in [-0.39, 0.29) is 11.7 Å². The van der Waals surface area contributed by atoms with Crippen LogP contribution in [0.15, 0.2) is 67.0 Å². The third kappa shape index (κ3) is 3.31. The number of anilines is 1. The minimum absolute atomic E-state index is 0.229. The first-order valence-electron chi connectivity index (χ1n) is 8.63. The summed E-state index contributed by atoms with van der Waals surface area (Å²) in [6.45, 7) is 3.84. The molecule has 0 saturated heterocycles. The van der Waals surface area contributed by atoms with E-state index in [9.17, 15) is 9.18 Å². The summed E-state index contributed by atoms with van der Waals surface area (Å²) in [4.78, 5) is 17.3. The lowest BCUT2D eigenvalue weighted by molar-refractivity contribution is 0.102. The normalized spacial score (nSPS) is 10.9. The smallest absolute Gasteiger partial charge is 0.255 e. The maximum Gasteiger partial charge on any atom is 0.255 e. The number of fused-ring (bicyclic) bond motifs is 1. The predicted molar refractivity (Wildman–Crippen MR) is 104 cm³/mol. The molecule has 0 unspecified atom stereocenters. The molecule has 0 aliphatic rings. The molecule has 1 N–H and O–H groups in total. The van der Waals surface area contributed by atoms with E-state index < -0.39 is 0 Å². The van der Waals surface area contributed by atoms with Crippen molar-refractivity contribution < 1.29 is 9.18 Å². The Morgan fingerprint density at radius 2 is 1.85 bits per heavy atom. The van der Waals surface area contributed by atoms with Gasteiger partial charge in [0.15, 0.2) is 0 Å². The van der Waals surface area contributed by atoms with Crippen LogP contribution in [0.4, 0.5) is 10.1 Å². The molecule has 0 fully saturated rings. The molecule has 0 aliphatic heterocycles. The van der Waals surface area contributed by atoms with E-state index in [1.165, 1.54) is 12.1 Å². The first-order chi connectivity index (χ1) is 13.0. The average molecular weight is 359 g/mol. The molecule has 0 atom stereocenters. The van der Waals surface area contributed by atoms with Gasteiger partial charge >= 0.3 is 0 Å². The molecule has 4 aromatic rings. The Hall–Kier alpha value is -3.47. The summed E-state index contributed by atoms with van der Waals surface area (Å²) in [5.41, 5.74) is 5.65. The standard InChI is InChI=1S/C22H18FN3O/c1-14-5-6-16(19-4-3-11-26-13-15(2)24-21(19)26)12-20(14)22(27)25-18-9-7-17(23)8-10-18/h3-13H,1-2H3,(H,25,27). The lowest BCUT2D eigenvalue weighted by atomic mass is 10.00. The maximum atomic E-state index is 13.1. The first-order valence-corrected chi connectivity index (χ1v) is 8.63. The number of hydrogen-bond donors (Lipinski definition) is 1. The number of carbonyl (C=O) groups is 1. The number of halogens is 1. The number of aryl methyl sites for hydroxylation is 2. The van der Waals surface area contributed by atoms with Gasteiger partial charge < -0.3 is 9.72 Å². The van der Waals surface area contributed by atoms with Crippen molar-refractivity contribution >= 4 is 17.2 Å². The molecule has 1 amide bonds. The lowest BCUT2D eigenvalue weighted by Gasteiger charge is -2.11. The number of imidazole rings is 1. The molecule has 4 nitrogen and oxygen atoms in total. The van der Waals surface area contributed by atoms with Crippen LogP contribution < -0.4 is 5.32 Å². The highest BCUT2D eigenvalue weighted by atomic mass is 19.1. The average Bonchev–Trinajstić information content (AvgIpc) is 3.04. The van der Waals surface area contributed by atoms with E-state index in [1.807, 2.05) is 61.0 Å². The maximum absolute atomic E-state index is 13.1. The fourth-order valence-electron chi connectivity index (χ4n) is 3.13. The molecular formula is C22H18FN3O. The third-order valence-electron chi connectivity index (χ3n) is 4.50. The molecular weight excluding hydrogens is 341 g/mol. The quantitative estimate of drug-likeness (QED) is 0.559. The first kappa shape index (κ1) is 17.0. The van der Waals surface area contributed by atoms with Crippen LogP contribution in [0.25, 0.3) is 16.8 Å². The van der Waals surface area contributed by atoms with E-state index in [2.05, 4.69) is 10.3 Å². The number of benzene rings is 2. The summed E-state index contributed by atoms with van der Waals surface area (Å²) < 4.78 is 15.0. The zero-order chi connectivity index (χ0) is 19.0. The topological polar surface area (TPSA) is 46.4 Å². The molecule has 0 aliphatic carbocycles.